The second-order valence-corrected chi connectivity index (χ2v) is 4.39. The maximum atomic E-state index is 10.4. The molecule has 0 aliphatic carbocycles. The van der Waals surface area contributed by atoms with Gasteiger partial charge in [-0.2, -0.15) is 0 Å². The molecule has 0 aromatic carbocycles. The average molecular weight is 249 g/mol. The van der Waals surface area contributed by atoms with Crippen molar-refractivity contribution in [3.63, 3.8) is 0 Å². The smallest absolute Gasteiger partial charge is 0.322 e. The van der Waals surface area contributed by atoms with Gasteiger partial charge in [-0.3, -0.25) is 4.79 Å². The molecule has 0 fully saturated rings. The van der Waals surface area contributed by atoms with Crippen molar-refractivity contribution >= 4 is 23.3 Å². The van der Waals surface area contributed by atoms with Crippen LogP contribution >= 0.6 is 11.3 Å². The molecule has 2 N–H and O–H groups in total. The zero-order valence-corrected chi connectivity index (χ0v) is 9.99. The highest BCUT2D eigenvalue weighted by Gasteiger charge is 2.05. The van der Waals surface area contributed by atoms with Crippen LogP contribution in [0.2, 0.25) is 0 Å². The van der Waals surface area contributed by atoms with Crippen molar-refractivity contribution in [3.8, 4) is 10.4 Å². The molecule has 2 rings (SSSR count). The Balaban J connectivity index is 2.13. The van der Waals surface area contributed by atoms with Crippen molar-refractivity contribution in [2.24, 2.45) is 0 Å². The SMILES string of the molecule is Cc1ccsc1-c1cnc(NCC(=O)O)nc1. The number of hydrogen-bond donors (Lipinski definition) is 2. The number of aryl methyl sites for hydroxylation is 1. The van der Waals surface area contributed by atoms with E-state index < -0.39 is 5.97 Å². The lowest BCUT2D eigenvalue weighted by molar-refractivity contribution is -0.134. The van der Waals surface area contributed by atoms with E-state index in [0.29, 0.717) is 5.95 Å². The number of nitrogens with zero attached hydrogens (tertiary/aromatic N) is 2. The van der Waals surface area contributed by atoms with Crippen LogP contribution < -0.4 is 5.32 Å². The number of carbonyl (C=O) groups is 1. The zero-order valence-electron chi connectivity index (χ0n) is 9.17. The Morgan fingerprint density at radius 3 is 2.71 bits per heavy atom. The minimum atomic E-state index is -0.938. The number of thiophene rings is 1. The highest BCUT2D eigenvalue weighted by Crippen LogP contribution is 2.27. The summed E-state index contributed by atoms with van der Waals surface area (Å²) >= 11 is 1.63. The molecule has 17 heavy (non-hydrogen) atoms. The van der Waals surface area contributed by atoms with Gasteiger partial charge in [-0.25, -0.2) is 9.97 Å². The second-order valence-electron chi connectivity index (χ2n) is 3.48. The molecule has 0 saturated heterocycles. The summed E-state index contributed by atoms with van der Waals surface area (Å²) in [5.74, 6) is -0.614. The zero-order chi connectivity index (χ0) is 12.3. The third-order valence-electron chi connectivity index (χ3n) is 2.17. The Kier molecular flexibility index (Phi) is 3.34. The molecule has 0 unspecified atom stereocenters. The number of rotatable bonds is 4. The van der Waals surface area contributed by atoms with Gasteiger partial charge in [0.25, 0.3) is 0 Å². The van der Waals surface area contributed by atoms with Gasteiger partial charge < -0.3 is 10.4 Å². The van der Waals surface area contributed by atoms with E-state index in [2.05, 4.69) is 15.3 Å². The summed E-state index contributed by atoms with van der Waals surface area (Å²) in [6.45, 7) is 1.85. The first kappa shape index (κ1) is 11.5. The fourth-order valence-corrected chi connectivity index (χ4v) is 2.26. The summed E-state index contributed by atoms with van der Waals surface area (Å²) in [6.07, 6.45) is 3.38. The first-order valence-corrected chi connectivity index (χ1v) is 5.87. The molecular weight excluding hydrogens is 238 g/mol. The molecule has 0 aliphatic heterocycles. The van der Waals surface area contributed by atoms with Gasteiger partial charge in [-0.05, 0) is 23.9 Å². The van der Waals surface area contributed by atoms with Crippen LogP contribution in [0, 0.1) is 6.92 Å². The van der Waals surface area contributed by atoms with Crippen LogP contribution in [0.25, 0.3) is 10.4 Å². The van der Waals surface area contributed by atoms with Gasteiger partial charge in [0.15, 0.2) is 0 Å². The van der Waals surface area contributed by atoms with Crippen molar-refractivity contribution in [3.05, 3.63) is 29.4 Å². The van der Waals surface area contributed by atoms with Crippen LogP contribution in [0.4, 0.5) is 5.95 Å². The maximum Gasteiger partial charge on any atom is 0.322 e. The minimum Gasteiger partial charge on any atom is -0.480 e. The standard InChI is InChI=1S/C11H11N3O2S/c1-7-2-3-17-10(7)8-4-12-11(13-5-8)14-6-9(15)16/h2-5H,6H2,1H3,(H,15,16)(H,12,13,14). The summed E-state index contributed by atoms with van der Waals surface area (Å²) in [7, 11) is 0. The van der Waals surface area contributed by atoms with Crippen LogP contribution in [0.3, 0.4) is 0 Å². The van der Waals surface area contributed by atoms with Crippen LogP contribution in [0.15, 0.2) is 23.8 Å². The molecule has 0 spiro atoms. The summed E-state index contributed by atoms with van der Waals surface area (Å²) in [5.41, 5.74) is 2.13. The third-order valence-corrected chi connectivity index (χ3v) is 3.24. The highest BCUT2D eigenvalue weighted by molar-refractivity contribution is 7.13. The summed E-state index contributed by atoms with van der Waals surface area (Å²) in [6, 6.07) is 2.04. The fraction of sp³-hybridized carbons (Fsp3) is 0.182. The average Bonchev–Trinajstić information content (AvgIpc) is 2.73. The topological polar surface area (TPSA) is 75.1 Å². The number of hydrogen-bond acceptors (Lipinski definition) is 5. The van der Waals surface area contributed by atoms with Gasteiger partial charge in [0.2, 0.25) is 5.95 Å². The Morgan fingerprint density at radius 2 is 2.18 bits per heavy atom. The van der Waals surface area contributed by atoms with Crippen molar-refractivity contribution in [2.75, 3.05) is 11.9 Å². The molecule has 88 valence electrons. The van der Waals surface area contributed by atoms with Crippen LogP contribution in [0.5, 0.6) is 0 Å². The maximum absolute atomic E-state index is 10.4. The second kappa shape index (κ2) is 4.92. The lowest BCUT2D eigenvalue weighted by atomic mass is 10.2. The number of carboxylic acids is 1. The molecule has 2 aromatic rings. The summed E-state index contributed by atoms with van der Waals surface area (Å²) < 4.78 is 0. The Labute approximate surface area is 102 Å². The van der Waals surface area contributed by atoms with Gasteiger partial charge in [0.1, 0.15) is 6.54 Å². The molecule has 2 aromatic heterocycles. The number of nitrogens with one attached hydrogen (secondary N) is 1. The molecule has 0 radical (unpaired) electrons. The van der Waals surface area contributed by atoms with E-state index in [0.717, 1.165) is 10.4 Å². The number of aromatic nitrogens is 2. The highest BCUT2D eigenvalue weighted by atomic mass is 32.1. The molecule has 0 saturated carbocycles. The van der Waals surface area contributed by atoms with Crippen LogP contribution in [-0.2, 0) is 4.79 Å². The summed E-state index contributed by atoms with van der Waals surface area (Å²) in [4.78, 5) is 19.6. The summed E-state index contributed by atoms with van der Waals surface area (Å²) in [5, 5.41) is 13.1. The van der Waals surface area contributed by atoms with Gasteiger partial charge in [0.05, 0.1) is 0 Å². The first-order chi connectivity index (χ1) is 8.16. The van der Waals surface area contributed by atoms with E-state index in [-0.39, 0.29) is 6.54 Å². The Morgan fingerprint density at radius 1 is 1.47 bits per heavy atom. The van der Waals surface area contributed by atoms with Gasteiger partial charge in [-0.15, -0.1) is 11.3 Å². The normalized spacial score (nSPS) is 10.2. The lowest BCUT2D eigenvalue weighted by Crippen LogP contribution is -2.14. The minimum absolute atomic E-state index is 0.183. The molecule has 6 heteroatoms. The van der Waals surface area contributed by atoms with E-state index in [9.17, 15) is 4.79 Å². The van der Waals surface area contributed by atoms with E-state index in [1.54, 1.807) is 23.7 Å². The lowest BCUT2D eigenvalue weighted by Gasteiger charge is -2.02. The number of carboxylic acid groups (broad SMARTS) is 1. The molecular formula is C11H11N3O2S. The van der Waals surface area contributed by atoms with Gasteiger partial charge >= 0.3 is 5.97 Å². The third kappa shape index (κ3) is 2.79. The fourth-order valence-electron chi connectivity index (χ4n) is 1.36. The van der Waals surface area contributed by atoms with Crippen molar-refractivity contribution in [1.82, 2.24) is 9.97 Å². The molecule has 0 bridgehead atoms. The Bertz CT molecular complexity index is 522. The van der Waals surface area contributed by atoms with Crippen LogP contribution in [-0.4, -0.2) is 27.6 Å². The van der Waals surface area contributed by atoms with E-state index >= 15 is 0 Å². The molecule has 0 amide bonds. The predicted octanol–water partition coefficient (Wildman–Crippen LogP) is 2.01. The van der Waals surface area contributed by atoms with Crippen molar-refractivity contribution in [2.45, 2.75) is 6.92 Å². The van der Waals surface area contributed by atoms with Gasteiger partial charge in [0, 0.05) is 22.8 Å². The largest absolute Gasteiger partial charge is 0.480 e. The van der Waals surface area contributed by atoms with Gasteiger partial charge in [-0.1, -0.05) is 0 Å². The van der Waals surface area contributed by atoms with E-state index in [1.165, 1.54) is 5.56 Å². The van der Waals surface area contributed by atoms with Crippen LogP contribution in [0.1, 0.15) is 5.56 Å². The first-order valence-electron chi connectivity index (χ1n) is 4.99. The van der Waals surface area contributed by atoms with E-state index in [4.69, 9.17) is 5.11 Å². The predicted molar refractivity (Wildman–Crippen MR) is 66.2 cm³/mol. The Hall–Kier alpha value is -1.95. The van der Waals surface area contributed by atoms with Crippen molar-refractivity contribution in [1.29, 1.82) is 0 Å². The molecule has 5 nitrogen and oxygen atoms in total. The number of aliphatic carboxylic acids is 1. The number of anilines is 1. The molecule has 0 atom stereocenters. The molecule has 2 heterocycles. The van der Waals surface area contributed by atoms with E-state index in [1.807, 2.05) is 18.4 Å². The molecule has 0 aliphatic rings. The quantitative estimate of drug-likeness (QED) is 0.867. The monoisotopic (exact) mass is 249 g/mol. The van der Waals surface area contributed by atoms with Crippen molar-refractivity contribution < 1.29 is 9.90 Å².